The number of nitrogens with zero attached hydrogens (tertiary/aromatic N) is 3. The van der Waals surface area contributed by atoms with Crippen molar-refractivity contribution < 1.29 is 0 Å². The van der Waals surface area contributed by atoms with Crippen molar-refractivity contribution in [3.63, 3.8) is 0 Å². The third kappa shape index (κ3) is 7.41. The van der Waals surface area contributed by atoms with Gasteiger partial charge < -0.3 is 0 Å². The van der Waals surface area contributed by atoms with Gasteiger partial charge in [0.15, 0.2) is 5.61 Å². The van der Waals surface area contributed by atoms with Crippen LogP contribution in [0.4, 0.5) is 0 Å². The van der Waals surface area contributed by atoms with E-state index in [-0.39, 0.29) is 0 Å². The molecule has 0 saturated heterocycles. The molecule has 0 fully saturated rings. The van der Waals surface area contributed by atoms with Crippen LogP contribution in [0.25, 0.3) is 0 Å². The van der Waals surface area contributed by atoms with Crippen LogP contribution < -0.4 is 0 Å². The topological polar surface area (TPSA) is 37.1 Å². The van der Waals surface area contributed by atoms with Crippen LogP contribution in [0.2, 0.25) is 0 Å². The maximum Gasteiger partial charge on any atom is 0.257 e. The van der Waals surface area contributed by atoms with E-state index in [1.165, 1.54) is 0 Å². The second kappa shape index (κ2) is 9.14. The molecule has 1 heterocycles. The van der Waals surface area contributed by atoms with E-state index in [0.29, 0.717) is 0 Å². The van der Waals surface area contributed by atoms with E-state index in [4.69, 9.17) is 45.0 Å². The van der Waals surface area contributed by atoms with Crippen molar-refractivity contribution in [2.24, 2.45) is 13.5 Å². The summed E-state index contributed by atoms with van der Waals surface area (Å²) in [6.45, 7) is 4.31. The van der Waals surface area contributed by atoms with Crippen LogP contribution in [0.1, 0.15) is 39.5 Å². The molecule has 0 aromatic heterocycles. The van der Waals surface area contributed by atoms with Gasteiger partial charge in [0, 0.05) is 11.5 Å². The Labute approximate surface area is 149 Å². The van der Waals surface area contributed by atoms with Crippen molar-refractivity contribution in [2.45, 2.75) is 39.5 Å². The van der Waals surface area contributed by atoms with E-state index in [1.54, 1.807) is 22.8 Å². The number of halogens is 4. The molecule has 3 nitrogen and oxygen atoms in total. The number of unbranched alkanes of at least 4 members (excludes halogenated alkanes) is 2. The fourth-order valence-electron chi connectivity index (χ4n) is 1.25. The average molecular weight is 455 g/mol. The highest BCUT2D eigenvalue weighted by atomic mass is 35.9. The molecule has 0 unspecified atom stereocenters. The van der Waals surface area contributed by atoms with Gasteiger partial charge in [0.25, 0.3) is 11.8 Å². The molecule has 0 atom stereocenters. The summed E-state index contributed by atoms with van der Waals surface area (Å²) in [5.41, 5.74) is -2.13. The minimum atomic E-state index is -2.78. The minimum Gasteiger partial charge on any atom is -0.193 e. The Balaban J connectivity index is 3.07. The summed E-state index contributed by atoms with van der Waals surface area (Å²) < 4.78 is 13.2. The van der Waals surface area contributed by atoms with Crippen molar-refractivity contribution in [3.05, 3.63) is 0 Å². The molecule has 12 heteroatoms. The molecule has 20 heavy (non-hydrogen) atoms. The second-order valence-corrected chi connectivity index (χ2v) is 22.3. The lowest BCUT2D eigenvalue weighted by Gasteiger charge is -2.25. The van der Waals surface area contributed by atoms with Gasteiger partial charge in [0.2, 0.25) is 0 Å². The van der Waals surface area contributed by atoms with Gasteiger partial charge in [0.1, 0.15) is 0 Å². The Morgan fingerprint density at radius 3 is 1.60 bits per heavy atom. The molecule has 0 bridgehead atoms. The lowest BCUT2D eigenvalue weighted by Crippen LogP contribution is -1.81. The Hall–Kier alpha value is 2.55. The molecule has 0 N–H and O–H groups in total. The summed E-state index contributed by atoms with van der Waals surface area (Å²) >= 11 is 28.3. The largest absolute Gasteiger partial charge is 0.257 e. The normalized spacial score (nSPS) is 22.5. The van der Waals surface area contributed by atoms with E-state index in [2.05, 4.69) is 27.4 Å². The number of hydrogen-bond acceptors (Lipinski definition) is 5. The zero-order valence-electron chi connectivity index (χ0n) is 11.3. The highest BCUT2D eigenvalue weighted by Crippen LogP contribution is 2.91. The first-order valence-electron chi connectivity index (χ1n) is 6.23. The number of hydrogen-bond donors (Lipinski definition) is 0. The fraction of sp³-hybridized carbons (Fsp3) is 1.00. The first-order chi connectivity index (χ1) is 9.24. The van der Waals surface area contributed by atoms with Crippen LogP contribution in [0.3, 0.4) is 0 Å². The van der Waals surface area contributed by atoms with Crippen LogP contribution in [0.15, 0.2) is 13.5 Å². The Kier molecular flexibility index (Phi) is 9.41. The van der Waals surface area contributed by atoms with Gasteiger partial charge in [-0.15, -0.1) is 0 Å². The third-order valence-electron chi connectivity index (χ3n) is 2.17. The van der Waals surface area contributed by atoms with Crippen LogP contribution in [-0.4, -0.2) is 11.5 Å². The maximum atomic E-state index is 6.21. The summed E-state index contributed by atoms with van der Waals surface area (Å²) in [6.07, 6.45) is 4.46. The molecule has 120 valence electrons. The molecule has 0 aromatic rings. The molecular formula is C8H18Cl4N3P3S2. The first-order valence-corrected chi connectivity index (χ1v) is 18.1. The van der Waals surface area contributed by atoms with Gasteiger partial charge in [-0.05, 0) is 57.8 Å². The Bertz CT molecular complexity index is 466. The van der Waals surface area contributed by atoms with Gasteiger partial charge >= 0.3 is 0 Å². The molecule has 0 spiro atoms. The first kappa shape index (κ1) is 20.6. The molecular weight excluding hydrogens is 437 g/mol. The van der Waals surface area contributed by atoms with Crippen LogP contribution in [-0.2, 0) is 0 Å². The zero-order chi connectivity index (χ0) is 15.3. The summed E-state index contributed by atoms with van der Waals surface area (Å²) in [5, 5.41) is 0. The van der Waals surface area contributed by atoms with E-state index in [1.807, 2.05) is 0 Å². The number of rotatable bonds is 8. The van der Waals surface area contributed by atoms with Crippen LogP contribution >= 0.6 is 85.2 Å². The molecule has 1 aliphatic heterocycles. The molecule has 0 radical (unpaired) electrons. The fourth-order valence-corrected chi connectivity index (χ4v) is 29.3. The molecule has 0 amide bonds. The predicted molar refractivity (Wildman–Crippen MR) is 106 cm³/mol. The van der Waals surface area contributed by atoms with Crippen molar-refractivity contribution in [2.75, 3.05) is 11.5 Å². The monoisotopic (exact) mass is 453 g/mol. The second-order valence-electron chi connectivity index (χ2n) is 4.04. The summed E-state index contributed by atoms with van der Waals surface area (Å²) in [6, 6.07) is 0. The Morgan fingerprint density at radius 1 is 0.750 bits per heavy atom. The van der Waals surface area contributed by atoms with Gasteiger partial charge in [-0.2, -0.15) is 13.5 Å². The summed E-state index contributed by atoms with van der Waals surface area (Å²) in [5.74, 6) is -3.63. The highest BCUT2D eigenvalue weighted by Gasteiger charge is 2.34. The van der Waals surface area contributed by atoms with E-state index >= 15 is 0 Å². The maximum absolute atomic E-state index is 6.21. The lowest BCUT2D eigenvalue weighted by molar-refractivity contribution is 0.898. The van der Waals surface area contributed by atoms with Crippen LogP contribution in [0, 0.1) is 0 Å². The van der Waals surface area contributed by atoms with Gasteiger partial charge in [-0.25, -0.2) is 0 Å². The predicted octanol–water partition coefficient (Wildman–Crippen LogP) is 9.86. The standard InChI is InChI=1S/C8H18Cl4N3P3S2/c1-3-5-7-19-18(20-8-6-4-2)14-16(9,10)13-17(11,12)15-18/h3-8H2,1-2H3. The third-order valence-corrected chi connectivity index (χ3v) is 21.5. The van der Waals surface area contributed by atoms with Crippen molar-refractivity contribution >= 4 is 85.2 Å². The van der Waals surface area contributed by atoms with Gasteiger partial charge in [-0.3, -0.25) is 0 Å². The molecule has 0 aliphatic carbocycles. The van der Waals surface area contributed by atoms with Gasteiger partial charge in [-0.1, -0.05) is 49.5 Å². The van der Waals surface area contributed by atoms with E-state index < -0.39 is 17.4 Å². The minimum absolute atomic E-state index is 0.970. The SMILES string of the molecule is CCCCSP1(SCCCC)=NP(Cl)(Cl)=NP(Cl)(Cl)=N1. The molecule has 0 saturated carbocycles. The highest BCUT2D eigenvalue weighted by molar-refractivity contribution is 8.91. The lowest BCUT2D eigenvalue weighted by atomic mass is 10.4. The van der Waals surface area contributed by atoms with E-state index in [0.717, 1.165) is 37.2 Å². The van der Waals surface area contributed by atoms with Crippen LogP contribution in [0.5, 0.6) is 0 Å². The molecule has 0 aromatic carbocycles. The molecule has 1 rings (SSSR count). The van der Waals surface area contributed by atoms with Crippen molar-refractivity contribution in [1.29, 1.82) is 0 Å². The summed E-state index contributed by atoms with van der Waals surface area (Å²) in [4.78, 5) is 0. The van der Waals surface area contributed by atoms with Crippen molar-refractivity contribution in [1.82, 2.24) is 0 Å². The quantitative estimate of drug-likeness (QED) is 0.270. The summed E-state index contributed by atoms with van der Waals surface area (Å²) in [7, 11) is 0. The zero-order valence-corrected chi connectivity index (χ0v) is 18.6. The Morgan fingerprint density at radius 2 is 1.20 bits per heavy atom. The molecule has 1 aliphatic rings. The average Bonchev–Trinajstić information content (AvgIpc) is 2.25. The van der Waals surface area contributed by atoms with E-state index in [9.17, 15) is 0 Å². The van der Waals surface area contributed by atoms with Gasteiger partial charge in [0.05, 0.1) is 0 Å². The van der Waals surface area contributed by atoms with Crippen molar-refractivity contribution in [3.8, 4) is 0 Å². The smallest absolute Gasteiger partial charge is 0.193 e.